The van der Waals surface area contributed by atoms with E-state index in [-0.39, 0.29) is 23.9 Å². The summed E-state index contributed by atoms with van der Waals surface area (Å²) in [5, 5.41) is 6.50. The molecule has 0 aromatic carbocycles. The Morgan fingerprint density at radius 3 is 2.50 bits per heavy atom. The minimum Gasteiger partial charge on any atom is -0.346 e. The Bertz CT molecular complexity index is 405. The van der Waals surface area contributed by atoms with Gasteiger partial charge in [0.1, 0.15) is 0 Å². The van der Waals surface area contributed by atoms with E-state index in [0.717, 1.165) is 30.8 Å². The molecule has 0 atom stereocenters. The normalized spacial score (nSPS) is 17.9. The van der Waals surface area contributed by atoms with Gasteiger partial charge in [0, 0.05) is 10.4 Å². The number of piperidine rings is 1. The average molecular weight is 289 g/mol. The number of rotatable bonds is 2. The maximum Gasteiger partial charge on any atom is 0.261 e. The standard InChI is InChI=1S/C13H20N2OS.ClH/c1-9-8-11(17-10(9)2)12(16)15-13(3)4-6-14-7-5-13;/h8,14H,4-7H2,1-3H3,(H,15,16);1H. The summed E-state index contributed by atoms with van der Waals surface area (Å²) in [5.74, 6) is 0.0793. The molecule has 0 spiro atoms. The molecule has 0 aliphatic carbocycles. The van der Waals surface area contributed by atoms with E-state index in [1.54, 1.807) is 11.3 Å². The van der Waals surface area contributed by atoms with Crippen molar-refractivity contribution in [3.8, 4) is 0 Å². The van der Waals surface area contributed by atoms with Crippen LogP contribution in [0.2, 0.25) is 0 Å². The molecule has 1 saturated heterocycles. The predicted octanol–water partition coefficient (Wildman–Crippen LogP) is 2.66. The number of halogens is 1. The molecule has 102 valence electrons. The summed E-state index contributed by atoms with van der Waals surface area (Å²) < 4.78 is 0. The van der Waals surface area contributed by atoms with Gasteiger partial charge in [0.05, 0.1) is 4.88 Å². The van der Waals surface area contributed by atoms with Gasteiger partial charge in [-0.25, -0.2) is 0 Å². The van der Waals surface area contributed by atoms with Gasteiger partial charge in [0.2, 0.25) is 0 Å². The van der Waals surface area contributed by atoms with Gasteiger partial charge in [-0.05, 0) is 58.3 Å². The molecule has 1 aliphatic rings. The fourth-order valence-electron chi connectivity index (χ4n) is 2.12. The van der Waals surface area contributed by atoms with Gasteiger partial charge < -0.3 is 10.6 Å². The second-order valence-corrected chi connectivity index (χ2v) is 6.37. The van der Waals surface area contributed by atoms with Crippen molar-refractivity contribution in [3.63, 3.8) is 0 Å². The molecule has 0 radical (unpaired) electrons. The lowest BCUT2D eigenvalue weighted by Crippen LogP contribution is -2.52. The minimum absolute atomic E-state index is 0. The lowest BCUT2D eigenvalue weighted by atomic mass is 9.90. The molecule has 1 aromatic heterocycles. The van der Waals surface area contributed by atoms with Crippen molar-refractivity contribution in [1.82, 2.24) is 10.6 Å². The summed E-state index contributed by atoms with van der Waals surface area (Å²) in [4.78, 5) is 14.2. The van der Waals surface area contributed by atoms with E-state index >= 15 is 0 Å². The zero-order valence-corrected chi connectivity index (χ0v) is 12.8. The summed E-state index contributed by atoms with van der Waals surface area (Å²) in [7, 11) is 0. The van der Waals surface area contributed by atoms with Crippen LogP contribution in [0, 0.1) is 13.8 Å². The second-order valence-electron chi connectivity index (χ2n) is 5.11. The number of nitrogens with one attached hydrogen (secondary N) is 2. The molecule has 2 rings (SSSR count). The van der Waals surface area contributed by atoms with Crippen molar-refractivity contribution in [1.29, 1.82) is 0 Å². The number of carbonyl (C=O) groups excluding carboxylic acids is 1. The van der Waals surface area contributed by atoms with Crippen LogP contribution in [0.25, 0.3) is 0 Å². The van der Waals surface area contributed by atoms with E-state index in [0.29, 0.717) is 0 Å². The number of amides is 1. The first kappa shape index (κ1) is 15.5. The third-order valence-electron chi connectivity index (χ3n) is 3.51. The van der Waals surface area contributed by atoms with Crippen LogP contribution in [0.3, 0.4) is 0 Å². The fraction of sp³-hybridized carbons (Fsp3) is 0.615. The molecule has 2 N–H and O–H groups in total. The van der Waals surface area contributed by atoms with E-state index in [1.165, 1.54) is 10.4 Å². The highest BCUT2D eigenvalue weighted by atomic mass is 35.5. The van der Waals surface area contributed by atoms with Crippen molar-refractivity contribution in [2.75, 3.05) is 13.1 Å². The molecular formula is C13H21ClN2OS. The smallest absolute Gasteiger partial charge is 0.261 e. The zero-order chi connectivity index (χ0) is 12.5. The van der Waals surface area contributed by atoms with E-state index in [2.05, 4.69) is 31.4 Å². The van der Waals surface area contributed by atoms with Gasteiger partial charge in [-0.2, -0.15) is 0 Å². The summed E-state index contributed by atoms with van der Waals surface area (Å²) >= 11 is 1.58. The Morgan fingerprint density at radius 1 is 1.39 bits per heavy atom. The SMILES string of the molecule is Cc1cc(C(=O)NC2(C)CCNCC2)sc1C.Cl. The van der Waals surface area contributed by atoms with Crippen LogP contribution in [0.15, 0.2) is 6.07 Å². The quantitative estimate of drug-likeness (QED) is 0.878. The number of thiophene rings is 1. The average Bonchev–Trinajstić information content (AvgIpc) is 2.60. The lowest BCUT2D eigenvalue weighted by molar-refractivity contribution is 0.0892. The zero-order valence-electron chi connectivity index (χ0n) is 11.1. The molecular weight excluding hydrogens is 268 g/mol. The number of hydrogen-bond acceptors (Lipinski definition) is 3. The summed E-state index contributed by atoms with van der Waals surface area (Å²) in [6.45, 7) is 8.22. The van der Waals surface area contributed by atoms with Gasteiger partial charge >= 0.3 is 0 Å². The highest BCUT2D eigenvalue weighted by molar-refractivity contribution is 7.14. The highest BCUT2D eigenvalue weighted by Crippen LogP contribution is 2.23. The minimum atomic E-state index is -0.0475. The van der Waals surface area contributed by atoms with E-state index in [1.807, 2.05) is 6.07 Å². The summed E-state index contributed by atoms with van der Waals surface area (Å²) in [5.41, 5.74) is 1.16. The monoisotopic (exact) mass is 288 g/mol. The maximum atomic E-state index is 12.2. The Hall–Kier alpha value is -0.580. The summed E-state index contributed by atoms with van der Waals surface area (Å²) in [6.07, 6.45) is 2.00. The van der Waals surface area contributed by atoms with Crippen LogP contribution in [0.4, 0.5) is 0 Å². The number of hydrogen-bond donors (Lipinski definition) is 2. The Kier molecular flexibility index (Phi) is 5.20. The van der Waals surface area contributed by atoms with Crippen molar-refractivity contribution < 1.29 is 4.79 Å². The molecule has 1 aromatic rings. The molecule has 5 heteroatoms. The maximum absolute atomic E-state index is 12.2. The van der Waals surface area contributed by atoms with Gasteiger partial charge in [0.25, 0.3) is 5.91 Å². The molecule has 2 heterocycles. The van der Waals surface area contributed by atoms with Crippen LogP contribution in [-0.4, -0.2) is 24.5 Å². The first-order valence-corrected chi connectivity index (χ1v) is 6.92. The Morgan fingerprint density at radius 2 is 2.00 bits per heavy atom. The lowest BCUT2D eigenvalue weighted by Gasteiger charge is -2.34. The van der Waals surface area contributed by atoms with Crippen LogP contribution >= 0.6 is 23.7 Å². The van der Waals surface area contributed by atoms with Gasteiger partial charge in [-0.3, -0.25) is 4.79 Å². The predicted molar refractivity (Wildman–Crippen MR) is 79.0 cm³/mol. The molecule has 3 nitrogen and oxygen atoms in total. The second kappa shape index (κ2) is 6.04. The van der Waals surface area contributed by atoms with Crippen LogP contribution < -0.4 is 10.6 Å². The molecule has 18 heavy (non-hydrogen) atoms. The van der Waals surface area contributed by atoms with E-state index in [4.69, 9.17) is 0 Å². The van der Waals surface area contributed by atoms with Gasteiger partial charge in [-0.1, -0.05) is 0 Å². The van der Waals surface area contributed by atoms with Gasteiger partial charge in [-0.15, -0.1) is 23.7 Å². The number of aryl methyl sites for hydroxylation is 2. The third-order valence-corrected chi connectivity index (χ3v) is 4.66. The summed E-state index contributed by atoms with van der Waals surface area (Å²) in [6, 6.07) is 1.99. The Labute approximate surface area is 119 Å². The molecule has 0 bridgehead atoms. The first-order valence-electron chi connectivity index (χ1n) is 6.10. The van der Waals surface area contributed by atoms with Crippen molar-refractivity contribution >= 4 is 29.7 Å². The molecule has 1 amide bonds. The van der Waals surface area contributed by atoms with Crippen molar-refractivity contribution in [2.24, 2.45) is 0 Å². The molecule has 1 fully saturated rings. The van der Waals surface area contributed by atoms with Crippen LogP contribution in [-0.2, 0) is 0 Å². The topological polar surface area (TPSA) is 41.1 Å². The molecule has 0 saturated carbocycles. The fourth-order valence-corrected chi connectivity index (χ4v) is 3.05. The highest BCUT2D eigenvalue weighted by Gasteiger charge is 2.29. The third kappa shape index (κ3) is 3.46. The van der Waals surface area contributed by atoms with E-state index < -0.39 is 0 Å². The molecule has 1 aliphatic heterocycles. The van der Waals surface area contributed by atoms with Crippen LogP contribution in [0.5, 0.6) is 0 Å². The largest absolute Gasteiger partial charge is 0.346 e. The Balaban J connectivity index is 0.00000162. The van der Waals surface area contributed by atoms with Gasteiger partial charge in [0.15, 0.2) is 0 Å². The van der Waals surface area contributed by atoms with Crippen molar-refractivity contribution in [2.45, 2.75) is 39.2 Å². The van der Waals surface area contributed by atoms with E-state index in [9.17, 15) is 4.79 Å². The van der Waals surface area contributed by atoms with Crippen molar-refractivity contribution in [3.05, 3.63) is 21.4 Å². The number of carbonyl (C=O) groups is 1. The van der Waals surface area contributed by atoms with Crippen LogP contribution in [0.1, 0.15) is 39.9 Å². The molecule has 0 unspecified atom stereocenters. The first-order chi connectivity index (χ1) is 8.00.